The molecule has 0 bridgehead atoms. The van der Waals surface area contributed by atoms with Crippen LogP contribution in [0.15, 0.2) is 12.4 Å². The molecule has 0 aliphatic carbocycles. The van der Waals surface area contributed by atoms with Crippen LogP contribution in [0, 0.1) is 0 Å². The van der Waals surface area contributed by atoms with Gasteiger partial charge in [0, 0.05) is 23.5 Å². The van der Waals surface area contributed by atoms with E-state index in [0.717, 1.165) is 0 Å². The zero-order valence-electron chi connectivity index (χ0n) is 9.63. The molecule has 3 heteroatoms. The Bertz CT molecular complexity index is 188. The van der Waals surface area contributed by atoms with E-state index in [9.17, 15) is 0 Å². The molecule has 1 radical (unpaired) electrons. The van der Waals surface area contributed by atoms with Gasteiger partial charge >= 0.3 is 0 Å². The second-order valence-corrected chi connectivity index (χ2v) is 6.91. The van der Waals surface area contributed by atoms with Gasteiger partial charge in [0.15, 0.2) is 0 Å². The van der Waals surface area contributed by atoms with Crippen LogP contribution >= 0.6 is 0 Å². The maximum absolute atomic E-state index is 2.44. The Morgan fingerprint density at radius 1 is 0.769 bits per heavy atom. The topological polar surface area (TPSA) is 6.48 Å². The van der Waals surface area contributed by atoms with E-state index < -0.39 is 0 Å². The van der Waals surface area contributed by atoms with Crippen LogP contribution in [0.3, 0.4) is 0 Å². The summed E-state index contributed by atoms with van der Waals surface area (Å²) in [5.74, 6) is 0. The van der Waals surface area contributed by atoms with Crippen molar-refractivity contribution >= 4 is 9.84 Å². The van der Waals surface area contributed by atoms with Gasteiger partial charge < -0.3 is 9.13 Å². The smallest absolute Gasteiger partial charge is 0.278 e. The van der Waals surface area contributed by atoms with Crippen molar-refractivity contribution in [3.8, 4) is 0 Å². The van der Waals surface area contributed by atoms with Crippen molar-refractivity contribution in [2.24, 2.45) is 0 Å². The maximum Gasteiger partial charge on any atom is 0.278 e. The SMILES string of the molecule is CC(C)(C)N1C=CN(C(C)(C)C)[SiH]1. The van der Waals surface area contributed by atoms with Crippen molar-refractivity contribution < 1.29 is 0 Å². The van der Waals surface area contributed by atoms with E-state index in [1.54, 1.807) is 0 Å². The van der Waals surface area contributed by atoms with E-state index in [-0.39, 0.29) is 20.9 Å². The van der Waals surface area contributed by atoms with Gasteiger partial charge in [-0.1, -0.05) is 0 Å². The summed E-state index contributed by atoms with van der Waals surface area (Å²) in [7, 11) is 0.234. The summed E-state index contributed by atoms with van der Waals surface area (Å²) in [5, 5.41) is 0. The molecule has 0 aromatic rings. The molecule has 2 nitrogen and oxygen atoms in total. The molecule has 13 heavy (non-hydrogen) atoms. The highest BCUT2D eigenvalue weighted by Gasteiger charge is 2.29. The fourth-order valence-electron chi connectivity index (χ4n) is 1.15. The fraction of sp³-hybridized carbons (Fsp3) is 0.800. The first-order chi connectivity index (χ1) is 5.71. The molecule has 0 saturated heterocycles. The van der Waals surface area contributed by atoms with Crippen LogP contribution in [0.4, 0.5) is 0 Å². The summed E-state index contributed by atoms with van der Waals surface area (Å²) in [4.78, 5) is 0. The summed E-state index contributed by atoms with van der Waals surface area (Å²) in [6.07, 6.45) is 4.45. The molecule has 0 N–H and O–H groups in total. The van der Waals surface area contributed by atoms with Gasteiger partial charge in [0.05, 0.1) is 0 Å². The lowest BCUT2D eigenvalue weighted by molar-refractivity contribution is 0.295. The first-order valence-electron chi connectivity index (χ1n) is 4.81. The van der Waals surface area contributed by atoms with Crippen LogP contribution in [-0.2, 0) is 0 Å². The number of hydrogen-bond acceptors (Lipinski definition) is 2. The summed E-state index contributed by atoms with van der Waals surface area (Å²) in [6, 6.07) is 0. The van der Waals surface area contributed by atoms with Gasteiger partial charge in [-0.2, -0.15) is 0 Å². The molecule has 1 aliphatic heterocycles. The first kappa shape index (κ1) is 10.6. The van der Waals surface area contributed by atoms with Crippen molar-refractivity contribution in [2.75, 3.05) is 0 Å². The van der Waals surface area contributed by atoms with Crippen molar-refractivity contribution in [1.29, 1.82) is 0 Å². The van der Waals surface area contributed by atoms with Crippen molar-refractivity contribution in [3.05, 3.63) is 12.4 Å². The Hall–Kier alpha value is -0.443. The van der Waals surface area contributed by atoms with E-state index >= 15 is 0 Å². The molecule has 0 amide bonds. The average Bonchev–Trinajstić information content (AvgIpc) is 2.28. The van der Waals surface area contributed by atoms with Crippen LogP contribution in [0.5, 0.6) is 0 Å². The molecular formula is C10H21N2Si. The Kier molecular flexibility index (Phi) is 2.49. The lowest BCUT2D eigenvalue weighted by atomic mass is 10.1. The molecule has 0 fully saturated rings. The minimum Gasteiger partial charge on any atom is -0.383 e. The molecule has 0 spiro atoms. The third-order valence-electron chi connectivity index (χ3n) is 2.19. The van der Waals surface area contributed by atoms with Gasteiger partial charge in [0.25, 0.3) is 9.84 Å². The highest BCUT2D eigenvalue weighted by atomic mass is 28.2. The zero-order valence-corrected chi connectivity index (χ0v) is 10.8. The predicted molar refractivity (Wildman–Crippen MR) is 59.5 cm³/mol. The summed E-state index contributed by atoms with van der Waals surface area (Å²) in [6.45, 7) is 13.6. The molecule has 0 aromatic heterocycles. The largest absolute Gasteiger partial charge is 0.383 e. The molecule has 1 rings (SSSR count). The lowest BCUT2D eigenvalue weighted by Gasteiger charge is -2.37. The van der Waals surface area contributed by atoms with Crippen molar-refractivity contribution in [1.82, 2.24) is 9.13 Å². The van der Waals surface area contributed by atoms with E-state index in [0.29, 0.717) is 0 Å². The normalized spacial score (nSPS) is 18.6. The van der Waals surface area contributed by atoms with Crippen LogP contribution in [0.1, 0.15) is 41.5 Å². The molecule has 0 atom stereocenters. The number of nitrogens with zero attached hydrogens (tertiary/aromatic N) is 2. The third kappa shape index (κ3) is 2.50. The summed E-state index contributed by atoms with van der Waals surface area (Å²) >= 11 is 0. The lowest BCUT2D eigenvalue weighted by Crippen LogP contribution is -2.47. The van der Waals surface area contributed by atoms with E-state index in [1.807, 2.05) is 0 Å². The highest BCUT2D eigenvalue weighted by molar-refractivity contribution is 6.31. The van der Waals surface area contributed by atoms with E-state index in [2.05, 4.69) is 63.1 Å². The monoisotopic (exact) mass is 197 g/mol. The number of rotatable bonds is 0. The zero-order chi connectivity index (χ0) is 10.3. The van der Waals surface area contributed by atoms with E-state index in [1.165, 1.54) is 0 Å². The van der Waals surface area contributed by atoms with Crippen LogP contribution in [-0.4, -0.2) is 30.1 Å². The molecular weight excluding hydrogens is 176 g/mol. The molecule has 0 aromatic carbocycles. The second-order valence-electron chi connectivity index (χ2n) is 5.57. The number of hydrogen-bond donors (Lipinski definition) is 0. The van der Waals surface area contributed by atoms with E-state index in [4.69, 9.17) is 0 Å². The molecule has 1 aliphatic rings. The van der Waals surface area contributed by atoms with Gasteiger partial charge in [-0.15, -0.1) is 0 Å². The minimum absolute atomic E-state index is 0.234. The van der Waals surface area contributed by atoms with Crippen molar-refractivity contribution in [3.63, 3.8) is 0 Å². The quantitative estimate of drug-likeness (QED) is 0.548. The minimum atomic E-state index is 0.234. The van der Waals surface area contributed by atoms with Gasteiger partial charge in [0.1, 0.15) is 0 Å². The second kappa shape index (κ2) is 3.05. The van der Waals surface area contributed by atoms with Gasteiger partial charge in [-0.25, -0.2) is 0 Å². The predicted octanol–water partition coefficient (Wildman–Crippen LogP) is 1.94. The van der Waals surface area contributed by atoms with Crippen LogP contribution in [0.25, 0.3) is 0 Å². The molecule has 0 unspecified atom stereocenters. The Balaban J connectivity index is 2.63. The average molecular weight is 197 g/mol. The van der Waals surface area contributed by atoms with Gasteiger partial charge in [0.2, 0.25) is 0 Å². The first-order valence-corrected chi connectivity index (χ1v) is 5.85. The molecule has 0 saturated carbocycles. The van der Waals surface area contributed by atoms with Crippen molar-refractivity contribution in [2.45, 2.75) is 52.6 Å². The van der Waals surface area contributed by atoms with Gasteiger partial charge in [-0.05, 0) is 41.5 Å². The summed E-state index contributed by atoms with van der Waals surface area (Å²) in [5.41, 5.74) is 0.539. The summed E-state index contributed by atoms with van der Waals surface area (Å²) < 4.78 is 4.89. The molecule has 1 heterocycles. The van der Waals surface area contributed by atoms with Gasteiger partial charge in [-0.3, -0.25) is 0 Å². The Labute approximate surface area is 84.6 Å². The maximum atomic E-state index is 2.44. The van der Waals surface area contributed by atoms with Crippen LogP contribution < -0.4 is 0 Å². The Morgan fingerprint density at radius 3 is 1.23 bits per heavy atom. The third-order valence-corrected chi connectivity index (χ3v) is 4.58. The molecule has 75 valence electrons. The van der Waals surface area contributed by atoms with Crippen LogP contribution in [0.2, 0.25) is 0 Å². The highest BCUT2D eigenvalue weighted by Crippen LogP contribution is 2.22. The standard InChI is InChI=1S/C10H21N2Si/c1-9(2,3)11-7-8-12(13-11)10(4,5)6/h7-8,13H,1-6H3. The fourth-order valence-corrected chi connectivity index (χ4v) is 2.42. The Morgan fingerprint density at radius 2 is 1.08 bits per heavy atom.